The Morgan fingerprint density at radius 1 is 1.31 bits per heavy atom. The molecule has 26 heavy (non-hydrogen) atoms. The molecule has 4 rings (SSSR count). The van der Waals surface area contributed by atoms with Crippen molar-refractivity contribution in [1.82, 2.24) is 19.9 Å². The number of nitrogens with one attached hydrogen (secondary N) is 2. The van der Waals surface area contributed by atoms with Gasteiger partial charge in [0.2, 0.25) is 0 Å². The zero-order valence-electron chi connectivity index (χ0n) is 14.9. The molecule has 2 aromatic heterocycles. The molecule has 0 amide bonds. The monoisotopic (exact) mass is 353 g/mol. The Kier molecular flexibility index (Phi) is 4.71. The molecule has 0 atom stereocenters. The largest absolute Gasteiger partial charge is 0.465 e. The van der Waals surface area contributed by atoms with Gasteiger partial charge in [0.05, 0.1) is 18.1 Å². The summed E-state index contributed by atoms with van der Waals surface area (Å²) in [5.41, 5.74) is 2.13. The summed E-state index contributed by atoms with van der Waals surface area (Å²) in [4.78, 5) is 26.3. The van der Waals surface area contributed by atoms with Crippen molar-refractivity contribution in [1.29, 1.82) is 0 Å². The molecule has 0 unspecified atom stereocenters. The van der Waals surface area contributed by atoms with Crippen molar-refractivity contribution >= 4 is 33.7 Å². The van der Waals surface area contributed by atoms with Crippen LogP contribution in [0.3, 0.4) is 0 Å². The number of benzene rings is 1. The number of anilines is 1. The van der Waals surface area contributed by atoms with Crippen LogP contribution in [0.5, 0.6) is 0 Å². The molecule has 0 aliphatic carbocycles. The lowest BCUT2D eigenvalue weighted by Gasteiger charge is -2.14. The van der Waals surface area contributed by atoms with Crippen molar-refractivity contribution in [2.24, 2.45) is 0 Å². The normalized spacial score (nSPS) is 15.0. The highest BCUT2D eigenvalue weighted by Crippen LogP contribution is 2.29. The minimum atomic E-state index is -0.350. The maximum atomic E-state index is 11.7. The molecular formula is C19H23N5O2. The number of rotatable bonds is 6. The lowest BCUT2D eigenvalue weighted by molar-refractivity contribution is 0.0601. The summed E-state index contributed by atoms with van der Waals surface area (Å²) in [6, 6.07) is 5.48. The first-order chi connectivity index (χ1) is 12.8. The van der Waals surface area contributed by atoms with Crippen molar-refractivity contribution in [2.75, 3.05) is 38.6 Å². The minimum Gasteiger partial charge on any atom is -0.465 e. The Morgan fingerprint density at radius 3 is 2.96 bits per heavy atom. The van der Waals surface area contributed by atoms with E-state index in [0.717, 1.165) is 47.3 Å². The topological polar surface area (TPSA) is 83.1 Å². The summed E-state index contributed by atoms with van der Waals surface area (Å²) in [5, 5.41) is 5.40. The number of aromatic nitrogens is 3. The SMILES string of the molecule is COC(=O)c1ccc2c(c1)[nH]c1ncnc(NCCCN3CCCC3)c12. The van der Waals surface area contributed by atoms with Gasteiger partial charge in [0, 0.05) is 17.4 Å². The van der Waals surface area contributed by atoms with Gasteiger partial charge in [0.15, 0.2) is 0 Å². The van der Waals surface area contributed by atoms with Gasteiger partial charge in [-0.15, -0.1) is 0 Å². The maximum Gasteiger partial charge on any atom is 0.337 e. The zero-order chi connectivity index (χ0) is 17.9. The third-order valence-corrected chi connectivity index (χ3v) is 4.95. The van der Waals surface area contributed by atoms with Crippen LogP contribution in [0.15, 0.2) is 24.5 Å². The molecule has 1 aliphatic heterocycles. The molecule has 1 fully saturated rings. The average molecular weight is 353 g/mol. The molecule has 2 N–H and O–H groups in total. The summed E-state index contributed by atoms with van der Waals surface area (Å²) in [5.74, 6) is 0.477. The van der Waals surface area contributed by atoms with Gasteiger partial charge in [-0.05, 0) is 51.0 Å². The van der Waals surface area contributed by atoms with Crippen molar-refractivity contribution < 1.29 is 9.53 Å². The molecule has 0 bridgehead atoms. The Morgan fingerprint density at radius 2 is 2.15 bits per heavy atom. The number of fused-ring (bicyclic) bond motifs is 3. The molecule has 1 aromatic carbocycles. The van der Waals surface area contributed by atoms with Crippen LogP contribution in [0.2, 0.25) is 0 Å². The maximum absolute atomic E-state index is 11.7. The van der Waals surface area contributed by atoms with Crippen LogP contribution in [0.4, 0.5) is 5.82 Å². The second-order valence-corrected chi connectivity index (χ2v) is 6.65. The fraction of sp³-hybridized carbons (Fsp3) is 0.421. The fourth-order valence-corrected chi connectivity index (χ4v) is 3.62. The average Bonchev–Trinajstić information content (AvgIpc) is 3.31. The van der Waals surface area contributed by atoms with Crippen LogP contribution in [-0.4, -0.2) is 59.1 Å². The molecule has 136 valence electrons. The number of hydrogen-bond acceptors (Lipinski definition) is 6. The van der Waals surface area contributed by atoms with E-state index in [4.69, 9.17) is 4.74 Å². The molecule has 7 heteroatoms. The van der Waals surface area contributed by atoms with Gasteiger partial charge in [0.25, 0.3) is 0 Å². The first-order valence-electron chi connectivity index (χ1n) is 9.07. The number of hydrogen-bond donors (Lipinski definition) is 2. The molecule has 3 heterocycles. The lowest BCUT2D eigenvalue weighted by Crippen LogP contribution is -2.22. The van der Waals surface area contributed by atoms with Gasteiger partial charge in [-0.25, -0.2) is 14.8 Å². The van der Waals surface area contributed by atoms with E-state index < -0.39 is 0 Å². The Bertz CT molecular complexity index is 930. The van der Waals surface area contributed by atoms with Crippen LogP contribution in [0.1, 0.15) is 29.6 Å². The number of carbonyl (C=O) groups is 1. The summed E-state index contributed by atoms with van der Waals surface area (Å²) >= 11 is 0. The van der Waals surface area contributed by atoms with Crippen molar-refractivity contribution in [3.05, 3.63) is 30.1 Å². The summed E-state index contributed by atoms with van der Waals surface area (Å²) < 4.78 is 4.79. The van der Waals surface area contributed by atoms with Crippen molar-refractivity contribution in [2.45, 2.75) is 19.3 Å². The number of carbonyl (C=O) groups excluding carboxylic acids is 1. The van der Waals surface area contributed by atoms with E-state index in [-0.39, 0.29) is 5.97 Å². The highest BCUT2D eigenvalue weighted by molar-refractivity contribution is 6.12. The molecule has 3 aromatic rings. The van der Waals surface area contributed by atoms with E-state index in [0.29, 0.717) is 5.56 Å². The predicted molar refractivity (Wildman–Crippen MR) is 102 cm³/mol. The Balaban J connectivity index is 1.55. The third kappa shape index (κ3) is 3.22. The van der Waals surface area contributed by atoms with E-state index in [1.54, 1.807) is 18.5 Å². The molecule has 1 saturated heterocycles. The van der Waals surface area contributed by atoms with E-state index in [1.165, 1.54) is 33.0 Å². The molecule has 0 radical (unpaired) electrons. The van der Waals surface area contributed by atoms with Crippen LogP contribution >= 0.6 is 0 Å². The molecule has 7 nitrogen and oxygen atoms in total. The van der Waals surface area contributed by atoms with E-state index in [9.17, 15) is 4.79 Å². The predicted octanol–water partition coefficient (Wildman–Crippen LogP) is 2.80. The highest BCUT2D eigenvalue weighted by Gasteiger charge is 2.14. The number of likely N-dealkylation sites (tertiary alicyclic amines) is 1. The standard InChI is InChI=1S/C19H23N5O2/c1-26-19(25)13-5-6-14-15(11-13)23-18-16(14)17(21-12-22-18)20-7-4-10-24-8-2-3-9-24/h5-6,11-12H,2-4,7-10H2,1H3,(H2,20,21,22,23). The fourth-order valence-electron chi connectivity index (χ4n) is 3.62. The minimum absolute atomic E-state index is 0.350. The number of aromatic amines is 1. The van der Waals surface area contributed by atoms with Gasteiger partial charge >= 0.3 is 5.97 Å². The van der Waals surface area contributed by atoms with Gasteiger partial charge < -0.3 is 19.9 Å². The second kappa shape index (κ2) is 7.29. The number of nitrogens with zero attached hydrogens (tertiary/aromatic N) is 3. The first kappa shape index (κ1) is 16.8. The van der Waals surface area contributed by atoms with Crippen molar-refractivity contribution in [3.63, 3.8) is 0 Å². The van der Waals surface area contributed by atoms with Gasteiger partial charge in [-0.3, -0.25) is 0 Å². The molecule has 0 spiro atoms. The first-order valence-corrected chi connectivity index (χ1v) is 9.07. The van der Waals surface area contributed by atoms with Gasteiger partial charge in [-0.1, -0.05) is 6.07 Å². The van der Waals surface area contributed by atoms with Gasteiger partial charge in [0.1, 0.15) is 17.8 Å². The zero-order valence-corrected chi connectivity index (χ0v) is 14.9. The van der Waals surface area contributed by atoms with Crippen LogP contribution in [-0.2, 0) is 4.74 Å². The molecule has 0 saturated carbocycles. The number of H-pyrrole nitrogens is 1. The Labute approximate surface area is 151 Å². The van der Waals surface area contributed by atoms with E-state index in [2.05, 4.69) is 25.2 Å². The smallest absolute Gasteiger partial charge is 0.337 e. The van der Waals surface area contributed by atoms with Crippen LogP contribution in [0, 0.1) is 0 Å². The molecular weight excluding hydrogens is 330 g/mol. The second-order valence-electron chi connectivity index (χ2n) is 6.65. The van der Waals surface area contributed by atoms with Gasteiger partial charge in [-0.2, -0.15) is 0 Å². The summed E-state index contributed by atoms with van der Waals surface area (Å²) in [6.07, 6.45) is 5.29. The summed E-state index contributed by atoms with van der Waals surface area (Å²) in [7, 11) is 1.38. The summed E-state index contributed by atoms with van der Waals surface area (Å²) in [6.45, 7) is 4.44. The van der Waals surface area contributed by atoms with Crippen LogP contribution in [0.25, 0.3) is 21.9 Å². The number of methoxy groups -OCH3 is 1. The lowest BCUT2D eigenvalue weighted by atomic mass is 10.1. The van der Waals surface area contributed by atoms with E-state index >= 15 is 0 Å². The quantitative estimate of drug-likeness (QED) is 0.524. The highest BCUT2D eigenvalue weighted by atomic mass is 16.5. The Hall–Kier alpha value is -2.67. The third-order valence-electron chi connectivity index (χ3n) is 4.95. The van der Waals surface area contributed by atoms with Crippen LogP contribution < -0.4 is 5.32 Å². The number of esters is 1. The number of ether oxygens (including phenoxy) is 1. The van der Waals surface area contributed by atoms with Crippen molar-refractivity contribution in [3.8, 4) is 0 Å². The molecule has 1 aliphatic rings. The van der Waals surface area contributed by atoms with E-state index in [1.807, 2.05) is 6.07 Å².